The normalized spacial score (nSPS) is 28.0. The van der Waals surface area contributed by atoms with Crippen LogP contribution in [-0.2, 0) is 16.1 Å². The largest absolute Gasteiger partial charge is 0.381 e. The first-order chi connectivity index (χ1) is 12.7. The summed E-state index contributed by atoms with van der Waals surface area (Å²) in [6, 6.07) is 9.73. The molecule has 26 heavy (non-hydrogen) atoms. The molecule has 4 fully saturated rings. The van der Waals surface area contributed by atoms with Crippen molar-refractivity contribution >= 4 is 11.6 Å². The minimum Gasteiger partial charge on any atom is -0.381 e. The van der Waals surface area contributed by atoms with E-state index in [9.17, 15) is 4.79 Å². The molecule has 5 heteroatoms. The molecular weight excluding hydrogens is 326 g/mol. The molecule has 1 N–H and O–H groups in total. The molecule has 1 aromatic carbocycles. The Hall–Kier alpha value is -1.43. The number of fused-ring (bicyclic) bond motifs is 4. The minimum atomic E-state index is -0.0178. The number of ether oxygens (including phenoxy) is 1. The first kappa shape index (κ1) is 18.0. The number of carbonyl (C=O) groups excluding carboxylic acids is 1. The summed E-state index contributed by atoms with van der Waals surface area (Å²) in [4.78, 5) is 16.6. The number of nitrogens with one attached hydrogen (secondary N) is 1. The van der Waals surface area contributed by atoms with Gasteiger partial charge < -0.3 is 10.1 Å². The number of benzene rings is 1. The number of rotatable bonds is 4. The summed E-state index contributed by atoms with van der Waals surface area (Å²) < 4.78 is 5.56. The van der Waals surface area contributed by atoms with E-state index in [1.165, 1.54) is 50.9 Å². The molecule has 1 aromatic rings. The lowest BCUT2D eigenvalue weighted by Crippen LogP contribution is -2.45. The van der Waals surface area contributed by atoms with Crippen molar-refractivity contribution in [3.63, 3.8) is 0 Å². The van der Waals surface area contributed by atoms with Crippen molar-refractivity contribution in [2.45, 2.75) is 51.2 Å². The van der Waals surface area contributed by atoms with E-state index in [1.807, 2.05) is 12.1 Å². The van der Waals surface area contributed by atoms with E-state index in [0.29, 0.717) is 6.04 Å². The van der Waals surface area contributed by atoms with E-state index >= 15 is 0 Å². The van der Waals surface area contributed by atoms with Crippen LogP contribution in [0.4, 0.5) is 5.69 Å². The molecule has 0 unspecified atom stereocenters. The molecule has 0 aromatic heterocycles. The highest BCUT2D eigenvalue weighted by Crippen LogP contribution is 2.31. The van der Waals surface area contributed by atoms with Crippen LogP contribution in [0.1, 0.15) is 38.2 Å². The number of anilines is 1. The smallest absolute Gasteiger partial charge is 0.221 e. The third kappa shape index (κ3) is 4.27. The maximum absolute atomic E-state index is 11.2. The molecule has 4 aliphatic rings. The first-order valence-electron chi connectivity index (χ1n) is 10.1. The van der Waals surface area contributed by atoms with E-state index in [4.69, 9.17) is 4.74 Å². The number of piperidine rings is 1. The van der Waals surface area contributed by atoms with Crippen LogP contribution in [0.5, 0.6) is 0 Å². The fourth-order valence-electron chi connectivity index (χ4n) is 4.89. The third-order valence-corrected chi connectivity index (χ3v) is 6.22. The van der Waals surface area contributed by atoms with Crippen LogP contribution in [-0.4, -0.2) is 60.6 Å². The first-order valence-corrected chi connectivity index (χ1v) is 10.1. The van der Waals surface area contributed by atoms with Crippen molar-refractivity contribution in [3.05, 3.63) is 29.8 Å². The van der Waals surface area contributed by atoms with Gasteiger partial charge in [-0.1, -0.05) is 12.1 Å². The minimum absolute atomic E-state index is 0.0178. The molecule has 0 spiro atoms. The number of amides is 1. The lowest BCUT2D eigenvalue weighted by Gasteiger charge is -2.37. The molecule has 5 nitrogen and oxygen atoms in total. The van der Waals surface area contributed by atoms with Gasteiger partial charge in [0.2, 0.25) is 5.91 Å². The van der Waals surface area contributed by atoms with Crippen LogP contribution >= 0.6 is 0 Å². The van der Waals surface area contributed by atoms with Gasteiger partial charge in [-0.05, 0) is 49.3 Å². The lowest BCUT2D eigenvalue weighted by molar-refractivity contribution is -0.114. The summed E-state index contributed by atoms with van der Waals surface area (Å²) in [6.45, 7) is 8.12. The molecule has 0 aliphatic carbocycles. The van der Waals surface area contributed by atoms with Gasteiger partial charge in [0.1, 0.15) is 0 Å². The van der Waals surface area contributed by atoms with Gasteiger partial charge in [-0.3, -0.25) is 14.6 Å². The Morgan fingerprint density at radius 1 is 1.04 bits per heavy atom. The highest BCUT2D eigenvalue weighted by atomic mass is 16.5. The molecule has 0 radical (unpaired) electrons. The molecule has 4 heterocycles. The van der Waals surface area contributed by atoms with Crippen molar-refractivity contribution in [1.82, 2.24) is 9.80 Å². The number of hydrogen-bond donors (Lipinski definition) is 1. The standard InChI is InChI=1S/C21H31N3O2/c1-16(25)22-19-5-2-17(3-6-19)12-23-13-18-4-7-21(23)15-24(14-18)20-8-10-26-11-9-20/h2-3,5-6,18,20-21H,4,7-15H2,1H3,(H,22,25)/t18-,21-/m0/s1. The average Bonchev–Trinajstić information content (AvgIpc) is 2.96. The predicted octanol–water partition coefficient (Wildman–Crippen LogP) is 2.72. The molecule has 4 saturated heterocycles. The highest BCUT2D eigenvalue weighted by Gasteiger charge is 2.37. The van der Waals surface area contributed by atoms with Gasteiger partial charge in [-0.2, -0.15) is 0 Å². The van der Waals surface area contributed by atoms with E-state index in [2.05, 4.69) is 27.2 Å². The quantitative estimate of drug-likeness (QED) is 0.900. The monoisotopic (exact) mass is 357 g/mol. The Kier molecular flexibility index (Phi) is 5.57. The van der Waals surface area contributed by atoms with Crippen LogP contribution in [0, 0.1) is 5.92 Å². The zero-order valence-corrected chi connectivity index (χ0v) is 15.8. The Balaban J connectivity index is 1.39. The maximum Gasteiger partial charge on any atom is 0.221 e. The second kappa shape index (κ2) is 8.07. The maximum atomic E-state index is 11.2. The Bertz CT molecular complexity index is 612. The van der Waals surface area contributed by atoms with Gasteiger partial charge >= 0.3 is 0 Å². The number of nitrogens with zero attached hydrogens (tertiary/aromatic N) is 2. The summed E-state index contributed by atoms with van der Waals surface area (Å²) in [5, 5.41) is 2.85. The predicted molar refractivity (Wildman–Crippen MR) is 103 cm³/mol. The van der Waals surface area contributed by atoms with Crippen molar-refractivity contribution in [1.29, 1.82) is 0 Å². The molecule has 2 atom stereocenters. The zero-order chi connectivity index (χ0) is 17.9. The summed E-state index contributed by atoms with van der Waals surface area (Å²) in [5.41, 5.74) is 2.22. The van der Waals surface area contributed by atoms with Crippen molar-refractivity contribution in [2.75, 3.05) is 38.2 Å². The van der Waals surface area contributed by atoms with Gasteiger partial charge in [0.25, 0.3) is 0 Å². The molecule has 2 bridgehead atoms. The summed E-state index contributed by atoms with van der Waals surface area (Å²) >= 11 is 0. The van der Waals surface area contributed by atoms with Crippen molar-refractivity contribution in [2.24, 2.45) is 5.92 Å². The third-order valence-electron chi connectivity index (χ3n) is 6.22. The molecular formula is C21H31N3O2. The average molecular weight is 357 g/mol. The second-order valence-corrected chi connectivity index (χ2v) is 8.20. The van der Waals surface area contributed by atoms with Crippen LogP contribution in [0.2, 0.25) is 0 Å². The molecule has 142 valence electrons. The highest BCUT2D eigenvalue weighted by molar-refractivity contribution is 5.88. The van der Waals surface area contributed by atoms with Crippen LogP contribution in [0.15, 0.2) is 24.3 Å². The molecule has 5 rings (SSSR count). The second-order valence-electron chi connectivity index (χ2n) is 8.20. The van der Waals surface area contributed by atoms with Gasteiger partial charge in [-0.15, -0.1) is 0 Å². The van der Waals surface area contributed by atoms with E-state index in [-0.39, 0.29) is 5.91 Å². The van der Waals surface area contributed by atoms with E-state index in [0.717, 1.165) is 37.4 Å². The van der Waals surface area contributed by atoms with Crippen molar-refractivity contribution in [3.8, 4) is 0 Å². The topological polar surface area (TPSA) is 44.8 Å². The number of hydrogen-bond acceptors (Lipinski definition) is 4. The fraction of sp³-hybridized carbons (Fsp3) is 0.667. The van der Waals surface area contributed by atoms with Crippen LogP contribution < -0.4 is 5.32 Å². The Labute approximate surface area is 156 Å². The van der Waals surface area contributed by atoms with Crippen molar-refractivity contribution < 1.29 is 9.53 Å². The van der Waals surface area contributed by atoms with Crippen LogP contribution in [0.25, 0.3) is 0 Å². The fourth-order valence-corrected chi connectivity index (χ4v) is 4.89. The summed E-state index contributed by atoms with van der Waals surface area (Å²) in [6.07, 6.45) is 5.10. The van der Waals surface area contributed by atoms with E-state index in [1.54, 1.807) is 6.92 Å². The SMILES string of the molecule is CC(=O)Nc1ccc(CN2C[C@@H]3CC[C@H]2CN(C2CCOCC2)C3)cc1. The Morgan fingerprint density at radius 2 is 1.81 bits per heavy atom. The van der Waals surface area contributed by atoms with Gasteiger partial charge in [0.15, 0.2) is 0 Å². The van der Waals surface area contributed by atoms with E-state index < -0.39 is 0 Å². The van der Waals surface area contributed by atoms with Crippen LogP contribution in [0.3, 0.4) is 0 Å². The summed E-state index contributed by atoms with van der Waals surface area (Å²) in [5.74, 6) is 0.783. The summed E-state index contributed by atoms with van der Waals surface area (Å²) in [7, 11) is 0. The molecule has 1 amide bonds. The number of carbonyl (C=O) groups is 1. The Morgan fingerprint density at radius 3 is 2.54 bits per heavy atom. The van der Waals surface area contributed by atoms with Gasteiger partial charge in [0, 0.05) is 64.1 Å². The lowest BCUT2D eigenvalue weighted by atomic mass is 9.94. The zero-order valence-electron chi connectivity index (χ0n) is 15.8. The molecule has 0 saturated carbocycles. The molecule has 4 aliphatic heterocycles. The van der Waals surface area contributed by atoms with Gasteiger partial charge in [-0.25, -0.2) is 0 Å². The van der Waals surface area contributed by atoms with Gasteiger partial charge in [0.05, 0.1) is 0 Å².